The van der Waals surface area contributed by atoms with Crippen LogP contribution in [0.3, 0.4) is 0 Å². The first-order chi connectivity index (χ1) is 12.9. The molecule has 122 valence electrons. The number of fused-ring (bicyclic) bond motifs is 2. The van der Waals surface area contributed by atoms with Crippen LogP contribution in [0.5, 0.6) is 0 Å². The monoisotopic (exact) mass is 330 g/mol. The summed E-state index contributed by atoms with van der Waals surface area (Å²) in [5, 5.41) is 5.11. The normalized spacial score (nSPS) is 11.1. The molecule has 5 aromatic rings. The van der Waals surface area contributed by atoms with E-state index in [1.54, 1.807) is 0 Å². The lowest BCUT2D eigenvalue weighted by atomic mass is 9.96. The van der Waals surface area contributed by atoms with Crippen molar-refractivity contribution in [2.75, 3.05) is 0 Å². The Balaban J connectivity index is 1.59. The van der Waals surface area contributed by atoms with Crippen LogP contribution in [-0.2, 0) is 0 Å². The van der Waals surface area contributed by atoms with Gasteiger partial charge in [0.2, 0.25) is 0 Å². The highest BCUT2D eigenvalue weighted by Gasteiger charge is 2.03. The van der Waals surface area contributed by atoms with Crippen molar-refractivity contribution in [1.82, 2.24) is 0 Å². The first-order valence-electron chi connectivity index (χ1n) is 8.95. The Hall–Kier alpha value is -3.38. The van der Waals surface area contributed by atoms with Gasteiger partial charge in [-0.15, -0.1) is 0 Å². The molecule has 0 nitrogen and oxygen atoms in total. The van der Waals surface area contributed by atoms with Crippen LogP contribution < -0.4 is 0 Å². The average Bonchev–Trinajstić information content (AvgIpc) is 2.73. The van der Waals surface area contributed by atoms with Gasteiger partial charge in [-0.1, -0.05) is 91.0 Å². The molecule has 0 N–H and O–H groups in total. The van der Waals surface area contributed by atoms with Gasteiger partial charge in [0.15, 0.2) is 0 Å². The van der Waals surface area contributed by atoms with E-state index in [2.05, 4.69) is 109 Å². The summed E-state index contributed by atoms with van der Waals surface area (Å²) in [7, 11) is 0. The molecule has 0 aliphatic carbocycles. The Morgan fingerprint density at radius 1 is 0.269 bits per heavy atom. The van der Waals surface area contributed by atoms with Crippen molar-refractivity contribution in [3.8, 4) is 22.3 Å². The SMILES string of the molecule is c1ccc(-c2ccc3cc(-c4ccc5ccccc5c4)ccc3c2)cc1. The van der Waals surface area contributed by atoms with E-state index in [1.165, 1.54) is 43.8 Å². The number of rotatable bonds is 2. The highest BCUT2D eigenvalue weighted by atomic mass is 14.1. The van der Waals surface area contributed by atoms with E-state index >= 15 is 0 Å². The molecule has 0 fully saturated rings. The van der Waals surface area contributed by atoms with Gasteiger partial charge in [-0.05, 0) is 62.0 Å². The number of hydrogen-bond acceptors (Lipinski definition) is 0. The second kappa shape index (κ2) is 6.16. The summed E-state index contributed by atoms with van der Waals surface area (Å²) < 4.78 is 0. The van der Waals surface area contributed by atoms with Gasteiger partial charge in [-0.2, -0.15) is 0 Å². The zero-order valence-corrected chi connectivity index (χ0v) is 14.4. The van der Waals surface area contributed by atoms with Gasteiger partial charge in [0.05, 0.1) is 0 Å². The number of hydrogen-bond donors (Lipinski definition) is 0. The standard InChI is InChI=1S/C26H18/c1-2-6-19(7-3-1)22-12-13-25-18-26(15-14-24(25)17-22)23-11-10-20-8-4-5-9-21(20)16-23/h1-18H. The van der Waals surface area contributed by atoms with Crippen LogP contribution in [0.25, 0.3) is 43.8 Å². The zero-order valence-electron chi connectivity index (χ0n) is 14.4. The van der Waals surface area contributed by atoms with Crippen molar-refractivity contribution in [1.29, 1.82) is 0 Å². The van der Waals surface area contributed by atoms with Crippen molar-refractivity contribution < 1.29 is 0 Å². The molecule has 0 spiro atoms. The van der Waals surface area contributed by atoms with Crippen molar-refractivity contribution >= 4 is 21.5 Å². The Morgan fingerprint density at radius 2 is 0.692 bits per heavy atom. The molecule has 5 rings (SSSR count). The fraction of sp³-hybridized carbons (Fsp3) is 0. The molecular weight excluding hydrogens is 312 g/mol. The minimum atomic E-state index is 1.26. The van der Waals surface area contributed by atoms with Crippen LogP contribution >= 0.6 is 0 Å². The van der Waals surface area contributed by atoms with Gasteiger partial charge < -0.3 is 0 Å². The molecule has 5 aromatic carbocycles. The highest BCUT2D eigenvalue weighted by molar-refractivity contribution is 5.93. The van der Waals surface area contributed by atoms with Gasteiger partial charge in [-0.25, -0.2) is 0 Å². The number of benzene rings is 5. The van der Waals surface area contributed by atoms with Gasteiger partial charge >= 0.3 is 0 Å². The molecule has 0 atom stereocenters. The Morgan fingerprint density at radius 3 is 1.31 bits per heavy atom. The largest absolute Gasteiger partial charge is 0.0622 e. The van der Waals surface area contributed by atoms with Crippen LogP contribution in [-0.4, -0.2) is 0 Å². The molecule has 0 amide bonds. The average molecular weight is 330 g/mol. The second-order valence-corrected chi connectivity index (χ2v) is 6.70. The maximum Gasteiger partial charge on any atom is -0.0177 e. The molecule has 0 radical (unpaired) electrons. The Labute approximate surface area is 153 Å². The fourth-order valence-corrected chi connectivity index (χ4v) is 3.60. The van der Waals surface area contributed by atoms with E-state index in [4.69, 9.17) is 0 Å². The first kappa shape index (κ1) is 14.9. The van der Waals surface area contributed by atoms with Gasteiger partial charge in [-0.3, -0.25) is 0 Å². The minimum Gasteiger partial charge on any atom is -0.0622 e. The van der Waals surface area contributed by atoms with E-state index in [-0.39, 0.29) is 0 Å². The predicted molar refractivity (Wildman–Crippen MR) is 112 cm³/mol. The fourth-order valence-electron chi connectivity index (χ4n) is 3.60. The summed E-state index contributed by atoms with van der Waals surface area (Å²) >= 11 is 0. The Kier molecular flexibility index (Phi) is 3.54. The maximum atomic E-state index is 2.29. The molecule has 0 saturated carbocycles. The van der Waals surface area contributed by atoms with E-state index in [1.807, 2.05) is 0 Å². The van der Waals surface area contributed by atoms with Crippen LogP contribution in [0.15, 0.2) is 109 Å². The summed E-state index contributed by atoms with van der Waals surface area (Å²) in [6, 6.07) is 39.2. The molecule has 0 heterocycles. The molecule has 26 heavy (non-hydrogen) atoms. The topological polar surface area (TPSA) is 0 Å². The van der Waals surface area contributed by atoms with Crippen LogP contribution in [0, 0.1) is 0 Å². The summed E-state index contributed by atoms with van der Waals surface area (Å²) in [6.45, 7) is 0. The van der Waals surface area contributed by atoms with E-state index < -0.39 is 0 Å². The van der Waals surface area contributed by atoms with E-state index in [0.29, 0.717) is 0 Å². The molecule has 0 unspecified atom stereocenters. The lowest BCUT2D eigenvalue weighted by molar-refractivity contribution is 1.63. The van der Waals surface area contributed by atoms with Crippen molar-refractivity contribution in [2.24, 2.45) is 0 Å². The van der Waals surface area contributed by atoms with Crippen molar-refractivity contribution in [2.45, 2.75) is 0 Å². The summed E-state index contributed by atoms with van der Waals surface area (Å²) in [4.78, 5) is 0. The smallest absolute Gasteiger partial charge is 0.0177 e. The summed E-state index contributed by atoms with van der Waals surface area (Å²) in [5.41, 5.74) is 5.04. The maximum absolute atomic E-state index is 2.29. The summed E-state index contributed by atoms with van der Waals surface area (Å²) in [5.74, 6) is 0. The predicted octanol–water partition coefficient (Wildman–Crippen LogP) is 7.33. The van der Waals surface area contributed by atoms with Crippen LogP contribution in [0.2, 0.25) is 0 Å². The van der Waals surface area contributed by atoms with Gasteiger partial charge in [0.1, 0.15) is 0 Å². The minimum absolute atomic E-state index is 1.26. The van der Waals surface area contributed by atoms with Gasteiger partial charge in [0, 0.05) is 0 Å². The molecule has 0 aliphatic rings. The highest BCUT2D eigenvalue weighted by Crippen LogP contribution is 2.30. The molecule has 0 aromatic heterocycles. The first-order valence-corrected chi connectivity index (χ1v) is 8.95. The van der Waals surface area contributed by atoms with Gasteiger partial charge in [0.25, 0.3) is 0 Å². The zero-order chi connectivity index (χ0) is 17.3. The Bertz CT molecular complexity index is 1220. The van der Waals surface area contributed by atoms with Crippen molar-refractivity contribution in [3.05, 3.63) is 109 Å². The van der Waals surface area contributed by atoms with E-state index in [0.717, 1.165) is 0 Å². The molecule has 0 heteroatoms. The molecule has 0 saturated heterocycles. The third-order valence-corrected chi connectivity index (χ3v) is 5.03. The lowest BCUT2D eigenvalue weighted by Gasteiger charge is -2.08. The third kappa shape index (κ3) is 2.66. The summed E-state index contributed by atoms with van der Waals surface area (Å²) in [6.07, 6.45) is 0. The molecule has 0 bridgehead atoms. The quantitative estimate of drug-likeness (QED) is 0.318. The van der Waals surface area contributed by atoms with Crippen LogP contribution in [0.4, 0.5) is 0 Å². The van der Waals surface area contributed by atoms with Crippen molar-refractivity contribution in [3.63, 3.8) is 0 Å². The second-order valence-electron chi connectivity index (χ2n) is 6.70. The van der Waals surface area contributed by atoms with Crippen LogP contribution in [0.1, 0.15) is 0 Å². The lowest BCUT2D eigenvalue weighted by Crippen LogP contribution is -1.82. The molecule has 0 aliphatic heterocycles. The van der Waals surface area contributed by atoms with E-state index in [9.17, 15) is 0 Å². The molecular formula is C26H18. The third-order valence-electron chi connectivity index (χ3n) is 5.03.